The van der Waals surface area contributed by atoms with Crippen LogP contribution >= 0.6 is 22.9 Å². The van der Waals surface area contributed by atoms with E-state index in [2.05, 4.69) is 30.1 Å². The molecule has 1 aromatic rings. The fourth-order valence-corrected chi connectivity index (χ4v) is 4.42. The SMILES string of the molecule is CC(C)CC1CNC(C2CC2)CN1Cc1ccc(Cl)s1. The molecule has 2 fully saturated rings. The molecule has 4 heteroatoms. The van der Waals surface area contributed by atoms with Crippen LogP contribution in [-0.4, -0.2) is 30.1 Å². The second kappa shape index (κ2) is 6.35. The van der Waals surface area contributed by atoms with E-state index in [4.69, 9.17) is 11.6 Å². The van der Waals surface area contributed by atoms with E-state index in [1.54, 1.807) is 11.3 Å². The molecule has 1 aliphatic carbocycles. The Bertz CT molecular complexity index is 441. The Kier molecular flexibility index (Phi) is 4.71. The van der Waals surface area contributed by atoms with Gasteiger partial charge in [0.1, 0.15) is 0 Å². The summed E-state index contributed by atoms with van der Waals surface area (Å²) in [7, 11) is 0. The first kappa shape index (κ1) is 14.8. The predicted molar refractivity (Wildman–Crippen MR) is 87.5 cm³/mol. The van der Waals surface area contributed by atoms with Crippen molar-refractivity contribution in [3.05, 3.63) is 21.3 Å². The first-order chi connectivity index (χ1) is 9.61. The number of nitrogens with zero attached hydrogens (tertiary/aromatic N) is 1. The zero-order chi connectivity index (χ0) is 14.1. The van der Waals surface area contributed by atoms with Gasteiger partial charge in [0.2, 0.25) is 0 Å². The lowest BCUT2D eigenvalue weighted by atomic mass is 9.97. The van der Waals surface area contributed by atoms with Gasteiger partial charge >= 0.3 is 0 Å². The maximum Gasteiger partial charge on any atom is 0.0931 e. The molecule has 1 saturated heterocycles. The van der Waals surface area contributed by atoms with Crippen LogP contribution in [0.1, 0.15) is 38.0 Å². The lowest BCUT2D eigenvalue weighted by Gasteiger charge is -2.41. The highest BCUT2D eigenvalue weighted by atomic mass is 35.5. The number of thiophene rings is 1. The average molecular weight is 313 g/mol. The average Bonchev–Trinajstić information content (AvgIpc) is 3.15. The van der Waals surface area contributed by atoms with Crippen molar-refractivity contribution >= 4 is 22.9 Å². The van der Waals surface area contributed by atoms with E-state index in [0.29, 0.717) is 12.1 Å². The molecule has 0 amide bonds. The van der Waals surface area contributed by atoms with Crippen molar-refractivity contribution in [1.82, 2.24) is 10.2 Å². The summed E-state index contributed by atoms with van der Waals surface area (Å²) in [5, 5.41) is 3.79. The molecule has 0 bridgehead atoms. The maximum atomic E-state index is 6.08. The second-order valence-corrected chi connectivity index (χ2v) is 8.57. The number of hydrogen-bond donors (Lipinski definition) is 1. The van der Waals surface area contributed by atoms with Crippen LogP contribution in [0.4, 0.5) is 0 Å². The van der Waals surface area contributed by atoms with Gasteiger partial charge < -0.3 is 5.32 Å². The van der Waals surface area contributed by atoms with Crippen molar-refractivity contribution in [1.29, 1.82) is 0 Å². The molecule has 2 heterocycles. The molecular formula is C16H25ClN2S. The zero-order valence-corrected chi connectivity index (χ0v) is 14.0. The quantitative estimate of drug-likeness (QED) is 0.884. The van der Waals surface area contributed by atoms with Gasteiger partial charge in [-0.3, -0.25) is 4.90 Å². The summed E-state index contributed by atoms with van der Waals surface area (Å²) in [5.41, 5.74) is 0. The number of hydrogen-bond acceptors (Lipinski definition) is 3. The first-order valence-corrected chi connectivity index (χ1v) is 9.03. The van der Waals surface area contributed by atoms with E-state index in [1.165, 1.54) is 30.7 Å². The summed E-state index contributed by atoms with van der Waals surface area (Å²) < 4.78 is 0.911. The van der Waals surface area contributed by atoms with Crippen LogP contribution in [0.3, 0.4) is 0 Å². The third-order valence-electron chi connectivity index (χ3n) is 4.49. The Labute approximate surface area is 131 Å². The Hall–Kier alpha value is -0.0900. The van der Waals surface area contributed by atoms with Crippen LogP contribution in [0.5, 0.6) is 0 Å². The highest BCUT2D eigenvalue weighted by molar-refractivity contribution is 7.16. The van der Waals surface area contributed by atoms with Crippen molar-refractivity contribution in [2.75, 3.05) is 13.1 Å². The predicted octanol–water partition coefficient (Wildman–Crippen LogP) is 4.00. The van der Waals surface area contributed by atoms with Gasteiger partial charge in [-0.25, -0.2) is 0 Å². The standard InChI is InChI=1S/C16H25ClN2S/c1-11(2)7-13-8-18-15(12-3-4-12)10-19(13)9-14-5-6-16(17)20-14/h5-6,11-13,15,18H,3-4,7-10H2,1-2H3. The zero-order valence-electron chi connectivity index (χ0n) is 12.4. The van der Waals surface area contributed by atoms with E-state index >= 15 is 0 Å². The van der Waals surface area contributed by atoms with Gasteiger partial charge in [0.25, 0.3) is 0 Å². The molecule has 1 aromatic heterocycles. The van der Waals surface area contributed by atoms with Crippen LogP contribution < -0.4 is 5.32 Å². The second-order valence-electron chi connectivity index (χ2n) is 6.77. The van der Waals surface area contributed by atoms with E-state index < -0.39 is 0 Å². The molecule has 2 nitrogen and oxygen atoms in total. The van der Waals surface area contributed by atoms with Gasteiger partial charge in [-0.05, 0) is 43.2 Å². The smallest absolute Gasteiger partial charge is 0.0931 e. The highest BCUT2D eigenvalue weighted by Crippen LogP contribution is 2.35. The lowest BCUT2D eigenvalue weighted by Crippen LogP contribution is -2.57. The molecule has 1 aliphatic heterocycles. The van der Waals surface area contributed by atoms with E-state index in [1.807, 2.05) is 6.07 Å². The molecule has 20 heavy (non-hydrogen) atoms. The Morgan fingerprint density at radius 3 is 2.80 bits per heavy atom. The monoisotopic (exact) mass is 312 g/mol. The van der Waals surface area contributed by atoms with Crippen molar-refractivity contribution in [2.24, 2.45) is 11.8 Å². The van der Waals surface area contributed by atoms with Gasteiger partial charge in [-0.1, -0.05) is 25.4 Å². The number of halogens is 1. The minimum atomic E-state index is 0.672. The van der Waals surface area contributed by atoms with Crippen molar-refractivity contribution < 1.29 is 0 Å². The fraction of sp³-hybridized carbons (Fsp3) is 0.750. The summed E-state index contributed by atoms with van der Waals surface area (Å²) in [5.74, 6) is 1.69. The van der Waals surface area contributed by atoms with Crippen LogP contribution in [0, 0.1) is 11.8 Å². The molecule has 0 radical (unpaired) electrons. The summed E-state index contributed by atoms with van der Waals surface area (Å²) in [4.78, 5) is 4.10. The summed E-state index contributed by atoms with van der Waals surface area (Å²) in [6.45, 7) is 8.08. The molecule has 0 spiro atoms. The van der Waals surface area contributed by atoms with Crippen LogP contribution in [0.2, 0.25) is 4.34 Å². The topological polar surface area (TPSA) is 15.3 Å². The summed E-state index contributed by atoms with van der Waals surface area (Å²) >= 11 is 7.81. The van der Waals surface area contributed by atoms with Gasteiger partial charge in [0.15, 0.2) is 0 Å². The van der Waals surface area contributed by atoms with Gasteiger partial charge in [0, 0.05) is 36.6 Å². The van der Waals surface area contributed by atoms with Crippen molar-refractivity contribution in [2.45, 2.75) is 51.7 Å². The largest absolute Gasteiger partial charge is 0.311 e. The minimum Gasteiger partial charge on any atom is -0.311 e. The third-order valence-corrected chi connectivity index (χ3v) is 5.70. The van der Waals surface area contributed by atoms with Gasteiger partial charge in [-0.15, -0.1) is 11.3 Å². The molecule has 3 rings (SSSR count). The Morgan fingerprint density at radius 1 is 1.40 bits per heavy atom. The molecule has 2 unspecified atom stereocenters. The van der Waals surface area contributed by atoms with Crippen LogP contribution in [0.25, 0.3) is 0 Å². The van der Waals surface area contributed by atoms with E-state index in [-0.39, 0.29) is 0 Å². The lowest BCUT2D eigenvalue weighted by molar-refractivity contribution is 0.101. The van der Waals surface area contributed by atoms with Gasteiger partial charge in [-0.2, -0.15) is 0 Å². The minimum absolute atomic E-state index is 0.672. The molecule has 112 valence electrons. The molecular weight excluding hydrogens is 288 g/mol. The molecule has 1 N–H and O–H groups in total. The van der Waals surface area contributed by atoms with Crippen LogP contribution in [-0.2, 0) is 6.54 Å². The first-order valence-electron chi connectivity index (χ1n) is 7.83. The number of rotatable bonds is 5. The normalized spacial score (nSPS) is 28.2. The molecule has 0 aromatic carbocycles. The Balaban J connectivity index is 1.66. The van der Waals surface area contributed by atoms with Crippen LogP contribution in [0.15, 0.2) is 12.1 Å². The maximum absolute atomic E-state index is 6.08. The fourth-order valence-electron chi connectivity index (χ4n) is 3.30. The van der Waals surface area contributed by atoms with Gasteiger partial charge in [0.05, 0.1) is 4.34 Å². The summed E-state index contributed by atoms with van der Waals surface area (Å²) in [6.07, 6.45) is 4.12. The summed E-state index contributed by atoms with van der Waals surface area (Å²) in [6, 6.07) is 5.60. The number of piperazine rings is 1. The number of nitrogens with one attached hydrogen (secondary N) is 1. The van der Waals surface area contributed by atoms with E-state index in [0.717, 1.165) is 29.3 Å². The van der Waals surface area contributed by atoms with Crippen molar-refractivity contribution in [3.8, 4) is 0 Å². The third kappa shape index (κ3) is 3.76. The molecule has 2 atom stereocenters. The Morgan fingerprint density at radius 2 is 2.20 bits per heavy atom. The highest BCUT2D eigenvalue weighted by Gasteiger charge is 2.37. The molecule has 1 saturated carbocycles. The molecule has 2 aliphatic rings. The van der Waals surface area contributed by atoms with Crippen molar-refractivity contribution in [3.63, 3.8) is 0 Å². The van der Waals surface area contributed by atoms with E-state index in [9.17, 15) is 0 Å².